The first-order valence-corrected chi connectivity index (χ1v) is 8.89. The molecule has 1 saturated carbocycles. The van der Waals surface area contributed by atoms with Gasteiger partial charge < -0.3 is 0 Å². The van der Waals surface area contributed by atoms with Crippen LogP contribution < -0.4 is 4.83 Å². The van der Waals surface area contributed by atoms with E-state index >= 15 is 0 Å². The van der Waals surface area contributed by atoms with Gasteiger partial charge in [0.05, 0.1) is 4.90 Å². The number of nitrogens with one attached hydrogen (secondary N) is 1. The highest BCUT2D eigenvalue weighted by Gasteiger charge is 2.28. The summed E-state index contributed by atoms with van der Waals surface area (Å²) in [5, 5.41) is 4.13. The van der Waals surface area contributed by atoms with E-state index in [1.54, 1.807) is 30.3 Å². The summed E-state index contributed by atoms with van der Waals surface area (Å²) in [5.74, 6) is 0.683. The molecule has 0 radical (unpaired) electrons. The zero-order valence-corrected chi connectivity index (χ0v) is 13.8. The summed E-state index contributed by atoms with van der Waals surface area (Å²) in [4.78, 5) is 2.61. The molecule has 0 heterocycles. The van der Waals surface area contributed by atoms with E-state index < -0.39 is 10.0 Å². The number of sulfonamides is 1. The molecule has 1 aromatic carbocycles. The molecule has 116 valence electrons. The van der Waals surface area contributed by atoms with Crippen molar-refractivity contribution in [2.45, 2.75) is 51.3 Å². The van der Waals surface area contributed by atoms with Crippen molar-refractivity contribution in [2.24, 2.45) is 16.4 Å². The molecule has 0 saturated heterocycles. The third-order valence-electron chi connectivity index (χ3n) is 4.16. The second-order valence-corrected chi connectivity index (χ2v) is 8.39. The quantitative estimate of drug-likeness (QED) is 0.868. The molecular formula is C16H24N2O2S. The van der Waals surface area contributed by atoms with Crippen LogP contribution in [0, 0.1) is 11.3 Å². The lowest BCUT2D eigenvalue weighted by Crippen LogP contribution is -2.27. The fourth-order valence-corrected chi connectivity index (χ4v) is 3.58. The van der Waals surface area contributed by atoms with Crippen molar-refractivity contribution in [1.29, 1.82) is 0 Å². The maximum atomic E-state index is 12.1. The van der Waals surface area contributed by atoms with Crippen molar-refractivity contribution in [2.75, 3.05) is 0 Å². The first-order valence-electron chi connectivity index (χ1n) is 7.41. The lowest BCUT2D eigenvalue weighted by Gasteiger charge is -2.34. The van der Waals surface area contributed by atoms with E-state index in [0.29, 0.717) is 11.3 Å². The van der Waals surface area contributed by atoms with Crippen LogP contribution >= 0.6 is 0 Å². The van der Waals surface area contributed by atoms with Crippen LogP contribution in [0.4, 0.5) is 0 Å². The average Bonchev–Trinajstić information content (AvgIpc) is 2.46. The van der Waals surface area contributed by atoms with Crippen molar-refractivity contribution >= 4 is 15.7 Å². The standard InChI is InChI=1S/C16H24N2O2S/c1-16(2,3)13-9-11-14(12-10-13)17-18-21(19,20)15-7-5-4-6-8-15/h4-8,13,18H,9-12H2,1-3H3. The molecule has 0 aliphatic heterocycles. The van der Waals surface area contributed by atoms with E-state index in [4.69, 9.17) is 0 Å². The number of nitrogens with zero attached hydrogens (tertiary/aromatic N) is 1. The Morgan fingerprint density at radius 2 is 1.67 bits per heavy atom. The van der Waals surface area contributed by atoms with E-state index in [9.17, 15) is 8.42 Å². The van der Waals surface area contributed by atoms with Crippen LogP contribution in [0.15, 0.2) is 40.3 Å². The Hall–Kier alpha value is -1.36. The predicted molar refractivity (Wildman–Crippen MR) is 85.6 cm³/mol. The van der Waals surface area contributed by atoms with Gasteiger partial charge in [0.1, 0.15) is 0 Å². The number of hydrogen-bond acceptors (Lipinski definition) is 3. The Morgan fingerprint density at radius 3 is 2.19 bits per heavy atom. The Morgan fingerprint density at radius 1 is 1.10 bits per heavy atom. The van der Waals surface area contributed by atoms with Crippen LogP contribution in [0.5, 0.6) is 0 Å². The zero-order chi connectivity index (χ0) is 15.5. The summed E-state index contributed by atoms with van der Waals surface area (Å²) in [6.07, 6.45) is 3.91. The number of hydrazone groups is 1. The molecule has 0 unspecified atom stereocenters. The van der Waals surface area contributed by atoms with Gasteiger partial charge in [-0.05, 0) is 49.1 Å². The lowest BCUT2D eigenvalue weighted by molar-refractivity contribution is 0.208. The molecule has 0 spiro atoms. The van der Waals surface area contributed by atoms with Crippen molar-refractivity contribution in [3.05, 3.63) is 30.3 Å². The van der Waals surface area contributed by atoms with Crippen molar-refractivity contribution in [1.82, 2.24) is 4.83 Å². The van der Waals surface area contributed by atoms with Crippen LogP contribution in [-0.4, -0.2) is 14.1 Å². The van der Waals surface area contributed by atoms with E-state index in [-0.39, 0.29) is 4.90 Å². The van der Waals surface area contributed by atoms with Gasteiger partial charge in [0.2, 0.25) is 0 Å². The summed E-state index contributed by atoms with van der Waals surface area (Å²) >= 11 is 0. The minimum Gasteiger partial charge on any atom is -0.200 e. The molecule has 1 N–H and O–H groups in total. The summed E-state index contributed by atoms with van der Waals surface area (Å²) in [6.45, 7) is 6.79. The van der Waals surface area contributed by atoms with Gasteiger partial charge in [0.15, 0.2) is 0 Å². The molecule has 0 amide bonds. The molecule has 0 bridgehead atoms. The van der Waals surface area contributed by atoms with Crippen LogP contribution in [0.1, 0.15) is 46.5 Å². The third-order valence-corrected chi connectivity index (χ3v) is 5.39. The van der Waals surface area contributed by atoms with E-state index in [1.165, 1.54) is 0 Å². The number of benzene rings is 1. The summed E-state index contributed by atoms with van der Waals surface area (Å²) in [5.41, 5.74) is 1.27. The minimum atomic E-state index is -3.54. The highest BCUT2D eigenvalue weighted by atomic mass is 32.2. The van der Waals surface area contributed by atoms with Crippen LogP contribution in [0.25, 0.3) is 0 Å². The molecule has 0 aromatic heterocycles. The Balaban J connectivity index is 1.97. The van der Waals surface area contributed by atoms with Gasteiger partial charge in [-0.25, -0.2) is 4.83 Å². The van der Waals surface area contributed by atoms with Gasteiger partial charge >= 0.3 is 0 Å². The highest BCUT2D eigenvalue weighted by molar-refractivity contribution is 7.89. The number of hydrogen-bond donors (Lipinski definition) is 1. The average molecular weight is 308 g/mol. The monoisotopic (exact) mass is 308 g/mol. The zero-order valence-electron chi connectivity index (χ0n) is 13.0. The van der Waals surface area contributed by atoms with E-state index in [0.717, 1.165) is 31.4 Å². The third kappa shape index (κ3) is 4.30. The fraction of sp³-hybridized carbons (Fsp3) is 0.562. The topological polar surface area (TPSA) is 58.5 Å². The molecule has 1 aliphatic rings. The Kier molecular flexibility index (Phi) is 4.71. The molecule has 2 rings (SSSR count). The number of rotatable bonds is 3. The van der Waals surface area contributed by atoms with Crippen molar-refractivity contribution < 1.29 is 8.42 Å². The molecule has 5 heteroatoms. The van der Waals surface area contributed by atoms with E-state index in [1.807, 2.05) is 0 Å². The van der Waals surface area contributed by atoms with E-state index in [2.05, 4.69) is 30.7 Å². The minimum absolute atomic E-state index is 0.248. The maximum absolute atomic E-state index is 12.1. The molecule has 21 heavy (non-hydrogen) atoms. The SMILES string of the molecule is CC(C)(C)C1CCC(=NNS(=O)(=O)c2ccccc2)CC1. The second kappa shape index (κ2) is 6.18. The van der Waals surface area contributed by atoms with Crippen molar-refractivity contribution in [3.8, 4) is 0 Å². The largest absolute Gasteiger partial charge is 0.276 e. The van der Waals surface area contributed by atoms with Crippen LogP contribution in [-0.2, 0) is 10.0 Å². The van der Waals surface area contributed by atoms with Gasteiger partial charge in [0.25, 0.3) is 10.0 Å². The van der Waals surface area contributed by atoms with Crippen molar-refractivity contribution in [3.63, 3.8) is 0 Å². The van der Waals surface area contributed by atoms with Crippen LogP contribution in [0.3, 0.4) is 0 Å². The summed E-state index contributed by atoms with van der Waals surface area (Å²) < 4.78 is 24.2. The molecular weight excluding hydrogens is 284 g/mol. The van der Waals surface area contributed by atoms with Crippen LogP contribution in [0.2, 0.25) is 0 Å². The first-order chi connectivity index (χ1) is 9.79. The highest BCUT2D eigenvalue weighted by Crippen LogP contribution is 2.36. The van der Waals surface area contributed by atoms with Gasteiger partial charge in [-0.3, -0.25) is 0 Å². The molecule has 1 fully saturated rings. The Bertz CT molecular complexity index is 591. The lowest BCUT2D eigenvalue weighted by atomic mass is 9.72. The maximum Gasteiger partial charge on any atom is 0.276 e. The molecule has 1 aromatic rings. The summed E-state index contributed by atoms with van der Waals surface area (Å²) in [6, 6.07) is 8.34. The first kappa shape index (κ1) is 16.0. The van der Waals surface area contributed by atoms with Gasteiger partial charge in [-0.1, -0.05) is 39.0 Å². The van der Waals surface area contributed by atoms with Gasteiger partial charge in [0, 0.05) is 5.71 Å². The molecule has 4 nitrogen and oxygen atoms in total. The predicted octanol–water partition coefficient (Wildman–Crippen LogP) is 3.56. The summed E-state index contributed by atoms with van der Waals surface area (Å²) in [7, 11) is -3.54. The molecule has 1 aliphatic carbocycles. The second-order valence-electron chi connectivity index (χ2n) is 6.73. The van der Waals surface area contributed by atoms with Gasteiger partial charge in [-0.2, -0.15) is 13.5 Å². The van der Waals surface area contributed by atoms with Gasteiger partial charge in [-0.15, -0.1) is 0 Å². The smallest absolute Gasteiger partial charge is 0.200 e. The molecule has 0 atom stereocenters. The normalized spacial score (nSPS) is 20.1. The Labute approximate surface area is 127 Å². The fourth-order valence-electron chi connectivity index (χ4n) is 2.71.